The van der Waals surface area contributed by atoms with E-state index in [1.807, 2.05) is 0 Å². The minimum Gasteiger partial charge on any atom is -0.352 e. The smallest absolute Gasteiger partial charge is 0.252 e. The predicted molar refractivity (Wildman–Crippen MR) is 83.9 cm³/mol. The van der Waals surface area contributed by atoms with Gasteiger partial charge in [0.15, 0.2) is 0 Å². The SMILES string of the molecule is Cc1c(C(=O)NCC2CCC(C)CC2)csc1S(N)(=O)=O. The maximum atomic E-state index is 12.2. The molecule has 0 saturated heterocycles. The van der Waals surface area contributed by atoms with Gasteiger partial charge in [0.05, 0.1) is 5.56 Å². The summed E-state index contributed by atoms with van der Waals surface area (Å²) < 4.78 is 22.8. The van der Waals surface area contributed by atoms with E-state index >= 15 is 0 Å². The summed E-state index contributed by atoms with van der Waals surface area (Å²) in [6.45, 7) is 4.54. The van der Waals surface area contributed by atoms with Crippen molar-refractivity contribution < 1.29 is 13.2 Å². The van der Waals surface area contributed by atoms with Gasteiger partial charge in [0.1, 0.15) is 4.21 Å². The molecule has 1 amide bonds. The summed E-state index contributed by atoms with van der Waals surface area (Å²) in [7, 11) is -3.75. The van der Waals surface area contributed by atoms with Crippen LogP contribution in [0.2, 0.25) is 0 Å². The number of hydrogen-bond donors (Lipinski definition) is 2. The van der Waals surface area contributed by atoms with E-state index in [4.69, 9.17) is 5.14 Å². The number of carbonyl (C=O) groups excluding carboxylic acids is 1. The number of carbonyl (C=O) groups is 1. The second-order valence-electron chi connectivity index (χ2n) is 5.94. The van der Waals surface area contributed by atoms with Gasteiger partial charge in [0.2, 0.25) is 10.0 Å². The molecule has 0 aliphatic heterocycles. The molecule has 2 rings (SSSR count). The van der Waals surface area contributed by atoms with Gasteiger partial charge in [-0.15, -0.1) is 11.3 Å². The van der Waals surface area contributed by atoms with Crippen LogP contribution in [0.25, 0.3) is 0 Å². The zero-order chi connectivity index (χ0) is 15.6. The quantitative estimate of drug-likeness (QED) is 0.887. The summed E-state index contributed by atoms with van der Waals surface area (Å²) in [5.41, 5.74) is 0.852. The highest BCUT2D eigenvalue weighted by atomic mass is 32.2. The first-order chi connectivity index (χ1) is 9.79. The molecule has 1 heterocycles. The van der Waals surface area contributed by atoms with E-state index in [0.717, 1.165) is 30.1 Å². The third-order valence-electron chi connectivity index (χ3n) is 4.18. The van der Waals surface area contributed by atoms with Crippen LogP contribution in [0.4, 0.5) is 0 Å². The monoisotopic (exact) mass is 330 g/mol. The van der Waals surface area contributed by atoms with E-state index in [1.165, 1.54) is 12.8 Å². The summed E-state index contributed by atoms with van der Waals surface area (Å²) in [5.74, 6) is 1.10. The van der Waals surface area contributed by atoms with E-state index < -0.39 is 10.0 Å². The van der Waals surface area contributed by atoms with E-state index in [2.05, 4.69) is 12.2 Å². The Balaban J connectivity index is 1.97. The molecule has 1 aliphatic carbocycles. The summed E-state index contributed by atoms with van der Waals surface area (Å²) in [6, 6.07) is 0. The van der Waals surface area contributed by atoms with Gasteiger partial charge in [0, 0.05) is 11.9 Å². The van der Waals surface area contributed by atoms with Crippen molar-refractivity contribution in [1.82, 2.24) is 5.32 Å². The van der Waals surface area contributed by atoms with Gasteiger partial charge < -0.3 is 5.32 Å². The van der Waals surface area contributed by atoms with E-state index in [-0.39, 0.29) is 10.1 Å². The molecule has 1 aliphatic rings. The largest absolute Gasteiger partial charge is 0.352 e. The molecule has 7 heteroatoms. The van der Waals surface area contributed by atoms with Crippen LogP contribution in [0.3, 0.4) is 0 Å². The van der Waals surface area contributed by atoms with Crippen LogP contribution in [0.5, 0.6) is 0 Å². The summed E-state index contributed by atoms with van der Waals surface area (Å²) >= 11 is 0.999. The lowest BCUT2D eigenvalue weighted by molar-refractivity contribution is 0.0941. The number of rotatable bonds is 4. The van der Waals surface area contributed by atoms with Gasteiger partial charge in [-0.3, -0.25) is 4.79 Å². The van der Waals surface area contributed by atoms with Crippen LogP contribution < -0.4 is 10.5 Å². The second kappa shape index (κ2) is 6.46. The van der Waals surface area contributed by atoms with Crippen LogP contribution in [0.1, 0.15) is 48.5 Å². The maximum Gasteiger partial charge on any atom is 0.252 e. The van der Waals surface area contributed by atoms with Crippen LogP contribution in [0.15, 0.2) is 9.59 Å². The molecule has 0 bridgehead atoms. The third-order valence-corrected chi connectivity index (χ3v) is 6.87. The first-order valence-electron chi connectivity index (χ1n) is 7.18. The molecule has 118 valence electrons. The molecule has 1 fully saturated rings. The first-order valence-corrected chi connectivity index (χ1v) is 9.60. The lowest BCUT2D eigenvalue weighted by atomic mass is 9.83. The van der Waals surface area contributed by atoms with Crippen molar-refractivity contribution in [3.63, 3.8) is 0 Å². The Morgan fingerprint density at radius 1 is 1.38 bits per heavy atom. The summed E-state index contributed by atoms with van der Waals surface area (Å²) in [6.07, 6.45) is 4.72. The molecule has 0 radical (unpaired) electrons. The van der Waals surface area contributed by atoms with E-state index in [9.17, 15) is 13.2 Å². The standard InChI is InChI=1S/C14H22N2O3S2/c1-9-3-5-11(6-4-9)7-16-13(17)12-8-20-14(10(12)2)21(15,18)19/h8-9,11H,3-7H2,1-2H3,(H,16,17)(H2,15,18,19). The second-order valence-corrected chi connectivity index (χ2v) is 8.58. The van der Waals surface area contributed by atoms with E-state index in [1.54, 1.807) is 12.3 Å². The molecule has 5 nitrogen and oxygen atoms in total. The molecular formula is C14H22N2O3S2. The molecule has 0 aromatic carbocycles. The number of hydrogen-bond acceptors (Lipinski definition) is 4. The van der Waals surface area contributed by atoms with Gasteiger partial charge in [-0.2, -0.15) is 0 Å². The topological polar surface area (TPSA) is 89.3 Å². The zero-order valence-electron chi connectivity index (χ0n) is 12.4. The van der Waals surface area contributed by atoms with Crippen LogP contribution in [-0.4, -0.2) is 20.9 Å². The van der Waals surface area contributed by atoms with Crippen molar-refractivity contribution in [3.05, 3.63) is 16.5 Å². The van der Waals surface area contributed by atoms with Gasteiger partial charge in [-0.05, 0) is 37.2 Å². The first kappa shape index (κ1) is 16.5. The number of primary sulfonamides is 1. The summed E-state index contributed by atoms with van der Waals surface area (Å²) in [4.78, 5) is 12.2. The Morgan fingerprint density at radius 3 is 2.52 bits per heavy atom. The van der Waals surface area contributed by atoms with Crippen molar-refractivity contribution in [2.24, 2.45) is 17.0 Å². The highest BCUT2D eigenvalue weighted by molar-refractivity contribution is 7.91. The van der Waals surface area contributed by atoms with Crippen molar-refractivity contribution >= 4 is 27.3 Å². The average Bonchev–Trinajstić information content (AvgIpc) is 2.79. The Kier molecular flexibility index (Phi) is 5.06. The Morgan fingerprint density at radius 2 is 2.00 bits per heavy atom. The molecule has 3 N–H and O–H groups in total. The number of sulfonamides is 1. The maximum absolute atomic E-state index is 12.2. The molecule has 0 spiro atoms. The van der Waals surface area contributed by atoms with Gasteiger partial charge in [-0.1, -0.05) is 19.8 Å². The normalized spacial score (nSPS) is 23.0. The van der Waals surface area contributed by atoms with Crippen LogP contribution >= 0.6 is 11.3 Å². The van der Waals surface area contributed by atoms with Gasteiger partial charge in [-0.25, -0.2) is 13.6 Å². The Bertz CT molecular complexity index is 614. The lowest BCUT2D eigenvalue weighted by Gasteiger charge is -2.26. The molecular weight excluding hydrogens is 308 g/mol. The van der Waals surface area contributed by atoms with E-state index in [0.29, 0.717) is 23.6 Å². The Labute approximate surface area is 130 Å². The van der Waals surface area contributed by atoms with Crippen LogP contribution in [-0.2, 0) is 10.0 Å². The molecule has 21 heavy (non-hydrogen) atoms. The molecule has 1 saturated carbocycles. The van der Waals surface area contributed by atoms with Gasteiger partial charge >= 0.3 is 0 Å². The summed E-state index contributed by atoms with van der Waals surface area (Å²) in [5, 5.41) is 9.61. The molecule has 0 atom stereocenters. The highest BCUT2D eigenvalue weighted by Crippen LogP contribution is 2.28. The fraction of sp³-hybridized carbons (Fsp3) is 0.643. The fourth-order valence-electron chi connectivity index (χ4n) is 2.77. The highest BCUT2D eigenvalue weighted by Gasteiger charge is 2.22. The number of amides is 1. The Hall–Kier alpha value is -0.920. The van der Waals surface area contributed by atoms with Crippen molar-refractivity contribution in [2.45, 2.75) is 43.7 Å². The molecule has 0 unspecified atom stereocenters. The predicted octanol–water partition coefficient (Wildman–Crippen LogP) is 2.26. The van der Waals surface area contributed by atoms with Crippen molar-refractivity contribution in [1.29, 1.82) is 0 Å². The fourth-order valence-corrected chi connectivity index (χ4v) is 4.78. The van der Waals surface area contributed by atoms with Crippen molar-refractivity contribution in [3.8, 4) is 0 Å². The number of nitrogens with one attached hydrogen (secondary N) is 1. The molecule has 1 aromatic heterocycles. The minimum absolute atomic E-state index is 0.0686. The number of thiophene rings is 1. The van der Waals surface area contributed by atoms with Gasteiger partial charge in [0.25, 0.3) is 5.91 Å². The third kappa shape index (κ3) is 4.05. The number of nitrogens with two attached hydrogens (primary N) is 1. The van der Waals surface area contributed by atoms with Crippen molar-refractivity contribution in [2.75, 3.05) is 6.54 Å². The molecule has 1 aromatic rings. The van der Waals surface area contributed by atoms with Crippen LogP contribution in [0, 0.1) is 18.8 Å². The lowest BCUT2D eigenvalue weighted by Crippen LogP contribution is -2.31. The minimum atomic E-state index is -3.75. The average molecular weight is 330 g/mol. The zero-order valence-corrected chi connectivity index (χ0v) is 14.0.